The van der Waals surface area contributed by atoms with Gasteiger partial charge in [0.25, 0.3) is 0 Å². The van der Waals surface area contributed by atoms with Crippen LogP contribution in [0, 0.1) is 18.5 Å². The Morgan fingerprint density at radius 2 is 0.889 bits per heavy atom. The average Bonchev–Trinajstić information content (AvgIpc) is 1.51. The zero-order chi connectivity index (χ0) is 64.1. The second-order valence-corrected chi connectivity index (χ2v) is 31.9. The van der Waals surface area contributed by atoms with Crippen molar-refractivity contribution in [2.45, 2.75) is 183 Å². The number of fused-ring (bicyclic) bond motifs is 3. The number of hydrogen-bond acceptors (Lipinski definition) is 3. The van der Waals surface area contributed by atoms with Crippen LogP contribution in [0.1, 0.15) is 184 Å². The second-order valence-electron chi connectivity index (χ2n) is 31.9. The van der Waals surface area contributed by atoms with Crippen LogP contribution in [0.3, 0.4) is 0 Å². The van der Waals surface area contributed by atoms with Gasteiger partial charge in [-0.25, -0.2) is 4.98 Å². The maximum Gasteiger partial charge on any atom is 0.233 e. The molecule has 0 amide bonds. The zero-order valence-corrected chi connectivity index (χ0v) is 59.4. The molecule has 0 bridgehead atoms. The van der Waals surface area contributed by atoms with Crippen LogP contribution >= 0.6 is 0 Å². The Kier molecular flexibility index (Phi) is 17.1. The van der Waals surface area contributed by atoms with Crippen molar-refractivity contribution in [3.05, 3.63) is 227 Å². The number of rotatable bonds is 9. The molecule has 0 aliphatic carbocycles. The van der Waals surface area contributed by atoms with Gasteiger partial charge in [-0.05, 0) is 145 Å². The molecule has 0 radical (unpaired) electrons. The normalized spacial score (nSPS) is 12.9. The number of nitrogens with zero attached hydrogens (tertiary/aromatic N) is 5. The summed E-state index contributed by atoms with van der Waals surface area (Å²) >= 11 is 0. The Balaban J connectivity index is 0.00000891. The maximum absolute atomic E-state index is 6.92. The topological polar surface area (TPSA) is 48.8 Å². The summed E-state index contributed by atoms with van der Waals surface area (Å²) in [6.07, 6.45) is 5.79. The number of pyridine rings is 1. The van der Waals surface area contributed by atoms with Crippen molar-refractivity contribution in [2.24, 2.45) is 0 Å². The summed E-state index contributed by atoms with van der Waals surface area (Å²) in [6, 6.07) is 67.5. The molecule has 7 heteroatoms. The van der Waals surface area contributed by atoms with Gasteiger partial charge in [0.05, 0.1) is 0 Å². The Morgan fingerprint density at radius 3 is 1.40 bits per heavy atom. The molecule has 6 nitrogen and oxygen atoms in total. The molecule has 11 rings (SSSR count). The fourth-order valence-corrected chi connectivity index (χ4v) is 11.7. The van der Waals surface area contributed by atoms with Gasteiger partial charge in [-0.15, -0.1) is 29.7 Å². The molecule has 8 aromatic carbocycles. The largest absolute Gasteiger partial charge is 0.510 e. The third kappa shape index (κ3) is 13.4. The van der Waals surface area contributed by atoms with Gasteiger partial charge in [-0.2, -0.15) is 22.9 Å². The predicted octanol–water partition coefficient (Wildman–Crippen LogP) is 21.6. The van der Waals surface area contributed by atoms with Crippen LogP contribution in [0.5, 0.6) is 11.5 Å². The molecule has 0 unspecified atom stereocenters. The Morgan fingerprint density at radius 1 is 0.400 bits per heavy atom. The van der Waals surface area contributed by atoms with E-state index in [4.69, 9.17) is 14.8 Å². The summed E-state index contributed by atoms with van der Waals surface area (Å²) < 4.78 is 13.2. The van der Waals surface area contributed by atoms with Gasteiger partial charge < -0.3 is 13.9 Å². The molecule has 0 spiro atoms. The molecule has 0 fully saturated rings. The van der Waals surface area contributed by atoms with Gasteiger partial charge in [0.2, 0.25) is 12.2 Å². The second kappa shape index (κ2) is 23.5. The molecule has 0 atom stereocenters. The first kappa shape index (κ1) is 65.3. The molecular weight excluding hydrogens is 1280 g/mol. The van der Waals surface area contributed by atoms with Gasteiger partial charge in [0.15, 0.2) is 0 Å². The number of hydrogen-bond donors (Lipinski definition) is 0. The summed E-state index contributed by atoms with van der Waals surface area (Å²) in [5.74, 6) is 2.65. The van der Waals surface area contributed by atoms with Crippen molar-refractivity contribution in [1.29, 1.82) is 0 Å². The van der Waals surface area contributed by atoms with Crippen LogP contribution < -0.4 is 9.30 Å². The minimum Gasteiger partial charge on any atom is -0.510 e. The molecule has 3 heterocycles. The van der Waals surface area contributed by atoms with E-state index in [2.05, 4.69) is 313 Å². The standard InChI is InChI=1S/C83H91N5O.Pt/c1-77(2,3)57-37-38-84-74(49-57)88-72-36-33-54(53-27-23-22-24-28-53)43-71(72)70-35-34-67(51-73(70)88)89-66-30-25-29-64(50-66)87-52-86(65-47-62(82(16,17)18)46-63(48-65)83(19,20)21)76(85-87)75-68(55-39-58(78(4,5)6)44-59(40-55)79(7,8)9)31-26-32-69(75)56-41-60(80(10,11)12)45-61(42-56)81(13,14)15;/h22-49H,1-21H3;/q-2;. The molecule has 11 aromatic rings. The van der Waals surface area contributed by atoms with Gasteiger partial charge >= 0.3 is 0 Å². The summed E-state index contributed by atoms with van der Waals surface area (Å²) in [4.78, 5) is 5.00. The van der Waals surface area contributed by atoms with Gasteiger partial charge in [0.1, 0.15) is 5.82 Å². The van der Waals surface area contributed by atoms with Gasteiger partial charge in [-0.3, -0.25) is 0 Å². The van der Waals surface area contributed by atoms with E-state index in [1.807, 2.05) is 35.1 Å². The molecular formula is C83H91N5OPt-2. The van der Waals surface area contributed by atoms with Crippen molar-refractivity contribution >= 4 is 21.8 Å². The van der Waals surface area contributed by atoms with E-state index in [0.29, 0.717) is 17.2 Å². The van der Waals surface area contributed by atoms with E-state index >= 15 is 0 Å². The first-order valence-corrected chi connectivity index (χ1v) is 31.8. The van der Waals surface area contributed by atoms with E-state index in [1.165, 1.54) is 38.9 Å². The van der Waals surface area contributed by atoms with E-state index in [1.54, 1.807) is 0 Å². The van der Waals surface area contributed by atoms with Crippen LogP contribution in [-0.2, 0) is 59.0 Å². The van der Waals surface area contributed by atoms with Gasteiger partial charge in [0, 0.05) is 55.5 Å². The summed E-state index contributed by atoms with van der Waals surface area (Å²) in [6.45, 7) is 48.3. The number of ether oxygens (including phenoxy) is 1. The van der Waals surface area contributed by atoms with E-state index in [9.17, 15) is 0 Å². The molecule has 3 aromatic heterocycles. The molecule has 466 valence electrons. The Hall–Kier alpha value is -7.66. The van der Waals surface area contributed by atoms with Gasteiger partial charge in [-0.1, -0.05) is 266 Å². The van der Waals surface area contributed by atoms with Crippen molar-refractivity contribution in [3.8, 4) is 73.5 Å². The van der Waals surface area contributed by atoms with Crippen molar-refractivity contribution in [3.63, 3.8) is 0 Å². The minimum absolute atomic E-state index is 0. The van der Waals surface area contributed by atoms with Crippen LogP contribution in [0.2, 0.25) is 0 Å². The van der Waals surface area contributed by atoms with Crippen molar-refractivity contribution in [2.75, 3.05) is 0 Å². The first-order chi connectivity index (χ1) is 41.5. The zero-order valence-electron chi connectivity index (χ0n) is 57.1. The fourth-order valence-electron chi connectivity index (χ4n) is 11.7. The number of benzene rings is 8. The number of aromatic nitrogens is 5. The van der Waals surface area contributed by atoms with E-state index < -0.39 is 0 Å². The van der Waals surface area contributed by atoms with Crippen molar-refractivity contribution < 1.29 is 30.4 Å². The van der Waals surface area contributed by atoms with Crippen LogP contribution in [0.4, 0.5) is 0 Å². The summed E-state index contributed by atoms with van der Waals surface area (Å²) in [5.41, 5.74) is 19.3. The third-order valence-electron chi connectivity index (χ3n) is 17.5. The van der Waals surface area contributed by atoms with E-state index in [-0.39, 0.29) is 59.0 Å². The average molecular weight is 1370 g/mol. The van der Waals surface area contributed by atoms with E-state index in [0.717, 1.165) is 78.1 Å². The monoisotopic (exact) mass is 1370 g/mol. The fraction of sp³-hybridized carbons (Fsp3) is 0.337. The Labute approximate surface area is 552 Å². The smallest absolute Gasteiger partial charge is 0.233 e. The maximum atomic E-state index is 6.92. The molecule has 90 heavy (non-hydrogen) atoms. The van der Waals surface area contributed by atoms with Crippen LogP contribution in [-0.4, -0.2) is 19.3 Å². The summed E-state index contributed by atoms with van der Waals surface area (Å²) in [5, 5.41) is 7.96. The SMILES string of the molecule is CC(C)(C)c1cc(-c2cccc(-c3cc(C(C)(C)C)cc(C(C)(C)C)c3)c2-c2nn(-c3[c-]c(Oc4[c-]c5c(cc4)c4cc(-c6ccccc6)ccc4n5-c4cc(C(C)(C)C)ccn4)ccc3)[c-][n+]2-c2cc(C(C)(C)C)cc(C(C)(C)C)c2)cc(C(C)(C)C)c1.[Pt]. The van der Waals surface area contributed by atoms with Crippen molar-refractivity contribution in [1.82, 2.24) is 19.3 Å². The Bertz CT molecular complexity index is 4300. The molecule has 0 saturated heterocycles. The third-order valence-corrected chi connectivity index (χ3v) is 17.5. The molecule has 0 aliphatic heterocycles. The molecule has 0 aliphatic rings. The molecule has 0 N–H and O–H groups in total. The van der Waals surface area contributed by atoms with Crippen LogP contribution in [0.25, 0.3) is 83.8 Å². The first-order valence-electron chi connectivity index (χ1n) is 31.8. The quantitative estimate of drug-likeness (QED) is 0.107. The minimum atomic E-state index is -0.158. The van der Waals surface area contributed by atoms with Crippen LogP contribution in [0.15, 0.2) is 170 Å². The summed E-state index contributed by atoms with van der Waals surface area (Å²) in [7, 11) is 0. The predicted molar refractivity (Wildman–Crippen MR) is 373 cm³/mol. The molecule has 0 saturated carbocycles.